The van der Waals surface area contributed by atoms with E-state index in [1.165, 1.54) is 6.92 Å². The zero-order valence-corrected chi connectivity index (χ0v) is 16.6. The lowest BCUT2D eigenvalue weighted by Gasteiger charge is -2.42. The van der Waals surface area contributed by atoms with Crippen molar-refractivity contribution in [2.24, 2.45) is 0 Å². The van der Waals surface area contributed by atoms with Gasteiger partial charge in [0.05, 0.1) is 17.6 Å². The van der Waals surface area contributed by atoms with Crippen LogP contribution in [0, 0.1) is 0 Å². The third-order valence-electron chi connectivity index (χ3n) is 6.08. The molecule has 0 radical (unpaired) electrons. The fraction of sp³-hybridized carbons (Fsp3) is 0.571. The van der Waals surface area contributed by atoms with Crippen LogP contribution >= 0.6 is 0 Å². The van der Waals surface area contributed by atoms with E-state index >= 15 is 0 Å². The molecule has 158 valence electrons. The van der Waals surface area contributed by atoms with Crippen molar-refractivity contribution >= 4 is 17.8 Å². The first kappa shape index (κ1) is 21.3. The minimum Gasteiger partial charge on any atom is -0.480 e. The van der Waals surface area contributed by atoms with Crippen molar-refractivity contribution in [2.75, 3.05) is 19.6 Å². The van der Waals surface area contributed by atoms with Gasteiger partial charge in [0, 0.05) is 13.1 Å². The molecule has 0 saturated carbocycles. The van der Waals surface area contributed by atoms with E-state index in [-0.39, 0.29) is 11.9 Å². The molecule has 3 atom stereocenters. The average molecular weight is 403 g/mol. The molecule has 2 amide bonds. The van der Waals surface area contributed by atoms with Gasteiger partial charge in [-0.05, 0) is 44.7 Å². The first-order chi connectivity index (χ1) is 13.8. The number of hydrogen-bond acceptors (Lipinski definition) is 5. The lowest BCUT2D eigenvalue weighted by Crippen LogP contribution is -2.58. The highest BCUT2D eigenvalue weighted by atomic mass is 16.4. The van der Waals surface area contributed by atoms with Crippen molar-refractivity contribution in [2.45, 2.75) is 56.2 Å². The van der Waals surface area contributed by atoms with Gasteiger partial charge in [-0.25, -0.2) is 4.79 Å². The Kier molecular flexibility index (Phi) is 6.54. The number of carbonyl (C=O) groups excluding carboxylic acids is 2. The van der Waals surface area contributed by atoms with Crippen molar-refractivity contribution in [1.29, 1.82) is 0 Å². The van der Waals surface area contributed by atoms with Crippen LogP contribution in [0.3, 0.4) is 0 Å². The highest BCUT2D eigenvalue weighted by molar-refractivity contribution is 5.92. The number of aliphatic hydroxyl groups is 1. The summed E-state index contributed by atoms with van der Waals surface area (Å²) < 4.78 is 0. The predicted octanol–water partition coefficient (Wildman–Crippen LogP) is 0.249. The summed E-state index contributed by atoms with van der Waals surface area (Å²) in [7, 11) is 0. The Balaban J connectivity index is 1.80. The molecule has 2 fully saturated rings. The summed E-state index contributed by atoms with van der Waals surface area (Å²) in [5.41, 5.74) is -0.151. The maximum Gasteiger partial charge on any atom is 0.328 e. The molecule has 0 unspecified atom stereocenters. The number of benzene rings is 1. The Morgan fingerprint density at radius 2 is 1.86 bits per heavy atom. The molecule has 1 aromatic carbocycles. The van der Waals surface area contributed by atoms with Crippen LogP contribution < -0.4 is 10.6 Å². The van der Waals surface area contributed by atoms with Gasteiger partial charge in [-0.1, -0.05) is 30.3 Å². The van der Waals surface area contributed by atoms with Crippen LogP contribution in [-0.4, -0.2) is 70.7 Å². The van der Waals surface area contributed by atoms with Gasteiger partial charge < -0.3 is 25.7 Å². The first-order valence-electron chi connectivity index (χ1n) is 10.1. The van der Waals surface area contributed by atoms with Crippen LogP contribution in [0.4, 0.5) is 0 Å². The molecule has 8 nitrogen and oxygen atoms in total. The number of rotatable bonds is 6. The van der Waals surface area contributed by atoms with E-state index in [1.54, 1.807) is 4.90 Å². The number of nitrogens with zero attached hydrogens (tertiary/aromatic N) is 1. The molecule has 0 bridgehead atoms. The minimum absolute atomic E-state index is 0.0666. The third kappa shape index (κ3) is 4.43. The van der Waals surface area contributed by atoms with Gasteiger partial charge in [0.1, 0.15) is 0 Å². The lowest BCUT2D eigenvalue weighted by atomic mass is 9.71. The summed E-state index contributed by atoms with van der Waals surface area (Å²) in [6, 6.07) is 7.71. The van der Waals surface area contributed by atoms with Gasteiger partial charge in [-0.3, -0.25) is 9.59 Å². The smallest absolute Gasteiger partial charge is 0.328 e. The predicted molar refractivity (Wildman–Crippen MR) is 106 cm³/mol. The molecule has 0 aliphatic carbocycles. The van der Waals surface area contributed by atoms with Crippen molar-refractivity contribution < 1.29 is 24.6 Å². The summed E-state index contributed by atoms with van der Waals surface area (Å²) in [5.74, 6) is -1.64. The SMILES string of the molecule is C[C@H](O)[C@@H](NC(=O)C1(c2ccccc2)CCN(C(=O)[C@@H]2CCCN2)CC1)C(=O)O. The second-order valence-corrected chi connectivity index (χ2v) is 7.95. The zero-order chi connectivity index (χ0) is 21.0. The maximum absolute atomic E-state index is 13.3. The molecule has 4 N–H and O–H groups in total. The van der Waals surface area contributed by atoms with Gasteiger partial charge in [-0.15, -0.1) is 0 Å². The quantitative estimate of drug-likeness (QED) is 0.541. The molecule has 2 aliphatic heterocycles. The molecule has 8 heteroatoms. The lowest BCUT2D eigenvalue weighted by molar-refractivity contribution is -0.146. The number of carboxylic acid groups (broad SMARTS) is 1. The summed E-state index contributed by atoms with van der Waals surface area (Å²) >= 11 is 0. The van der Waals surface area contributed by atoms with E-state index in [9.17, 15) is 24.6 Å². The molecular weight excluding hydrogens is 374 g/mol. The molecule has 3 rings (SSSR count). The molecule has 2 aliphatic rings. The van der Waals surface area contributed by atoms with Gasteiger partial charge >= 0.3 is 5.97 Å². The molecule has 0 spiro atoms. The van der Waals surface area contributed by atoms with E-state index in [2.05, 4.69) is 10.6 Å². The Labute approximate surface area is 170 Å². The average Bonchev–Trinajstić information content (AvgIpc) is 3.26. The first-order valence-corrected chi connectivity index (χ1v) is 10.1. The van der Waals surface area contributed by atoms with Gasteiger partial charge in [0.2, 0.25) is 11.8 Å². The number of nitrogens with one attached hydrogen (secondary N) is 2. The monoisotopic (exact) mass is 403 g/mol. The number of amides is 2. The molecule has 0 aromatic heterocycles. The second kappa shape index (κ2) is 8.92. The number of carboxylic acids is 1. The summed E-state index contributed by atoms with van der Waals surface area (Å²) in [5, 5.41) is 24.8. The standard InChI is InChI=1S/C21H29N3O5/c1-14(25)17(19(27)28)23-20(29)21(15-6-3-2-4-7-15)9-12-24(13-10-21)18(26)16-8-5-11-22-16/h2-4,6-7,14,16-17,22,25H,5,8-13H2,1H3,(H,23,29)(H,27,28)/t14-,16-,17+/m0/s1. The van der Waals surface area contributed by atoms with Crippen LogP contribution in [0.5, 0.6) is 0 Å². The summed E-state index contributed by atoms with van der Waals surface area (Å²) in [6.07, 6.45) is 1.38. The summed E-state index contributed by atoms with van der Waals surface area (Å²) in [4.78, 5) is 39.2. The van der Waals surface area contributed by atoms with E-state index in [0.717, 1.165) is 24.9 Å². The Bertz CT molecular complexity index is 738. The van der Waals surface area contributed by atoms with Gasteiger partial charge in [0.15, 0.2) is 6.04 Å². The maximum atomic E-state index is 13.3. The zero-order valence-electron chi connectivity index (χ0n) is 16.6. The van der Waals surface area contributed by atoms with Crippen LogP contribution in [-0.2, 0) is 19.8 Å². The van der Waals surface area contributed by atoms with E-state index in [0.29, 0.717) is 25.9 Å². The van der Waals surface area contributed by atoms with Gasteiger partial charge in [-0.2, -0.15) is 0 Å². The number of likely N-dealkylation sites (tertiary alicyclic amines) is 1. The highest BCUT2D eigenvalue weighted by Gasteiger charge is 2.45. The fourth-order valence-corrected chi connectivity index (χ4v) is 4.30. The van der Waals surface area contributed by atoms with Crippen molar-refractivity contribution in [3.63, 3.8) is 0 Å². The Morgan fingerprint density at radius 1 is 1.21 bits per heavy atom. The molecular formula is C21H29N3O5. The molecule has 29 heavy (non-hydrogen) atoms. The molecule has 1 aromatic rings. The summed E-state index contributed by atoms with van der Waals surface area (Å²) in [6.45, 7) is 3.03. The fourth-order valence-electron chi connectivity index (χ4n) is 4.30. The molecule has 2 heterocycles. The molecule has 2 saturated heterocycles. The minimum atomic E-state index is -1.38. The number of aliphatic carboxylic acids is 1. The van der Waals surface area contributed by atoms with Crippen LogP contribution in [0.15, 0.2) is 30.3 Å². The van der Waals surface area contributed by atoms with Crippen LogP contribution in [0.2, 0.25) is 0 Å². The Morgan fingerprint density at radius 3 is 2.38 bits per heavy atom. The second-order valence-electron chi connectivity index (χ2n) is 7.95. The third-order valence-corrected chi connectivity index (χ3v) is 6.08. The number of aliphatic hydroxyl groups excluding tert-OH is 1. The van der Waals surface area contributed by atoms with Crippen molar-refractivity contribution in [3.8, 4) is 0 Å². The van der Waals surface area contributed by atoms with E-state index < -0.39 is 29.4 Å². The topological polar surface area (TPSA) is 119 Å². The largest absolute Gasteiger partial charge is 0.480 e. The van der Waals surface area contributed by atoms with Crippen molar-refractivity contribution in [3.05, 3.63) is 35.9 Å². The van der Waals surface area contributed by atoms with Gasteiger partial charge in [0.25, 0.3) is 0 Å². The normalized spacial score (nSPS) is 23.2. The van der Waals surface area contributed by atoms with Crippen LogP contribution in [0.1, 0.15) is 38.2 Å². The number of hydrogen-bond donors (Lipinski definition) is 4. The number of carbonyl (C=O) groups is 3. The van der Waals surface area contributed by atoms with Crippen molar-refractivity contribution in [1.82, 2.24) is 15.5 Å². The Hall–Kier alpha value is -2.45. The number of piperidine rings is 1. The van der Waals surface area contributed by atoms with Crippen LogP contribution in [0.25, 0.3) is 0 Å². The highest BCUT2D eigenvalue weighted by Crippen LogP contribution is 2.36. The van der Waals surface area contributed by atoms with E-state index in [1.807, 2.05) is 30.3 Å². The van der Waals surface area contributed by atoms with E-state index in [4.69, 9.17) is 0 Å².